The molecular formula is C26H30O3. The molecule has 0 saturated heterocycles. The third-order valence-corrected chi connectivity index (χ3v) is 5.48. The van der Waals surface area contributed by atoms with Gasteiger partial charge in [0.15, 0.2) is 0 Å². The van der Waals surface area contributed by atoms with E-state index in [-0.39, 0.29) is 5.78 Å². The molecule has 0 saturated carbocycles. The number of Topliss-reactive ketones (excluding diaryl/α,β-unsaturated/α-hetero) is 1. The molecule has 1 atom stereocenters. The minimum atomic E-state index is 0.249. The van der Waals surface area contributed by atoms with Crippen molar-refractivity contribution in [1.29, 1.82) is 0 Å². The zero-order valence-corrected chi connectivity index (χ0v) is 17.6. The summed E-state index contributed by atoms with van der Waals surface area (Å²) in [6, 6.07) is 15.9. The van der Waals surface area contributed by atoms with Crippen LogP contribution in [-0.4, -0.2) is 19.5 Å². The molecule has 29 heavy (non-hydrogen) atoms. The summed E-state index contributed by atoms with van der Waals surface area (Å²) >= 11 is 0. The van der Waals surface area contributed by atoms with Gasteiger partial charge >= 0.3 is 0 Å². The zero-order valence-electron chi connectivity index (χ0n) is 17.6. The van der Waals surface area contributed by atoms with E-state index in [1.165, 1.54) is 11.1 Å². The van der Waals surface area contributed by atoms with Crippen LogP contribution in [0.3, 0.4) is 0 Å². The normalized spacial score (nSPS) is 15.6. The van der Waals surface area contributed by atoms with Crippen LogP contribution < -0.4 is 9.47 Å². The molecule has 1 unspecified atom stereocenters. The number of ether oxygens (including phenoxy) is 2. The van der Waals surface area contributed by atoms with Crippen LogP contribution in [0.15, 0.2) is 71.8 Å². The van der Waals surface area contributed by atoms with Crippen molar-refractivity contribution in [3.63, 3.8) is 0 Å². The predicted octanol–water partition coefficient (Wildman–Crippen LogP) is 5.87. The van der Waals surface area contributed by atoms with Crippen LogP contribution in [0.2, 0.25) is 0 Å². The molecule has 1 aliphatic rings. The molecule has 3 heteroatoms. The third-order valence-electron chi connectivity index (χ3n) is 5.48. The van der Waals surface area contributed by atoms with Crippen molar-refractivity contribution >= 4 is 5.78 Å². The molecule has 0 aliphatic heterocycles. The van der Waals surface area contributed by atoms with E-state index in [1.54, 1.807) is 7.11 Å². The van der Waals surface area contributed by atoms with Gasteiger partial charge in [-0.25, -0.2) is 0 Å². The maximum atomic E-state index is 12.6. The molecule has 0 fully saturated rings. The Kier molecular flexibility index (Phi) is 7.29. The van der Waals surface area contributed by atoms with Crippen molar-refractivity contribution in [2.24, 2.45) is 5.92 Å². The number of hydrogen-bond donors (Lipinski definition) is 0. The van der Waals surface area contributed by atoms with Gasteiger partial charge in [0.2, 0.25) is 0 Å². The largest absolute Gasteiger partial charge is 0.496 e. The van der Waals surface area contributed by atoms with E-state index in [2.05, 4.69) is 19.1 Å². The second-order valence-corrected chi connectivity index (χ2v) is 7.58. The molecule has 3 rings (SSSR count). The Labute approximate surface area is 174 Å². The molecule has 1 aliphatic carbocycles. The number of methoxy groups -OCH3 is 1. The summed E-state index contributed by atoms with van der Waals surface area (Å²) in [5, 5.41) is 0. The summed E-state index contributed by atoms with van der Waals surface area (Å²) in [5.74, 6) is 2.30. The Bertz CT molecular complexity index is 893. The van der Waals surface area contributed by atoms with Crippen LogP contribution in [0.1, 0.15) is 37.3 Å². The van der Waals surface area contributed by atoms with E-state index in [4.69, 9.17) is 9.47 Å². The molecule has 0 amide bonds. The second kappa shape index (κ2) is 10.1. The van der Waals surface area contributed by atoms with Crippen molar-refractivity contribution in [3.8, 4) is 11.5 Å². The van der Waals surface area contributed by atoms with Crippen molar-refractivity contribution in [2.45, 2.75) is 39.5 Å². The maximum absolute atomic E-state index is 12.6. The van der Waals surface area contributed by atoms with E-state index >= 15 is 0 Å². The monoisotopic (exact) mass is 390 g/mol. The number of ketones is 1. The molecule has 0 N–H and O–H groups in total. The second-order valence-electron chi connectivity index (χ2n) is 7.58. The fourth-order valence-corrected chi connectivity index (χ4v) is 3.93. The number of para-hydroxylation sites is 1. The highest BCUT2D eigenvalue weighted by molar-refractivity contribution is 5.82. The summed E-state index contributed by atoms with van der Waals surface area (Å²) < 4.78 is 11.3. The van der Waals surface area contributed by atoms with E-state index < -0.39 is 0 Å². The van der Waals surface area contributed by atoms with Gasteiger partial charge in [-0.05, 0) is 43.5 Å². The first-order valence-electron chi connectivity index (χ1n) is 10.3. The van der Waals surface area contributed by atoms with Crippen molar-refractivity contribution < 1.29 is 14.3 Å². The summed E-state index contributed by atoms with van der Waals surface area (Å²) in [5.41, 5.74) is 4.74. The summed E-state index contributed by atoms with van der Waals surface area (Å²) in [6.07, 6.45) is 7.15. The first-order valence-corrected chi connectivity index (χ1v) is 10.3. The quantitative estimate of drug-likeness (QED) is 0.509. The highest BCUT2D eigenvalue weighted by Crippen LogP contribution is 2.33. The van der Waals surface area contributed by atoms with Gasteiger partial charge in [0.25, 0.3) is 0 Å². The molecule has 0 aromatic heterocycles. The number of aryl methyl sites for hydroxylation is 1. The van der Waals surface area contributed by atoms with Gasteiger partial charge in [-0.15, -0.1) is 0 Å². The van der Waals surface area contributed by atoms with Gasteiger partial charge < -0.3 is 9.47 Å². The van der Waals surface area contributed by atoms with Gasteiger partial charge in [-0.2, -0.15) is 0 Å². The SMILES string of the molecule is CCC1C(CCC(=O)Cc2cc(C)ccc2OC)=CC=C1COc1ccccc1. The number of carbonyl (C=O) groups is 1. The van der Waals surface area contributed by atoms with Gasteiger partial charge in [-0.1, -0.05) is 60.5 Å². The van der Waals surface area contributed by atoms with E-state index in [1.807, 2.05) is 55.5 Å². The van der Waals surface area contributed by atoms with Crippen LogP contribution in [0.4, 0.5) is 0 Å². The fourth-order valence-electron chi connectivity index (χ4n) is 3.93. The van der Waals surface area contributed by atoms with Crippen molar-refractivity contribution in [2.75, 3.05) is 13.7 Å². The number of carbonyl (C=O) groups excluding carboxylic acids is 1. The van der Waals surface area contributed by atoms with E-state index in [9.17, 15) is 4.79 Å². The maximum Gasteiger partial charge on any atom is 0.137 e. The van der Waals surface area contributed by atoms with Crippen molar-refractivity contribution in [3.05, 3.63) is 83.0 Å². The average molecular weight is 391 g/mol. The Morgan fingerprint density at radius 2 is 1.79 bits per heavy atom. The molecule has 0 radical (unpaired) electrons. The Morgan fingerprint density at radius 3 is 2.52 bits per heavy atom. The standard InChI is InChI=1S/C26H30O3/c1-4-25-20(11-12-21(25)18-29-24-8-6-5-7-9-24)13-14-23(27)17-22-16-19(2)10-15-26(22)28-3/h5-12,15-16,25H,4,13-14,17-18H2,1-3H3. The fraction of sp³-hybridized carbons (Fsp3) is 0.346. The summed E-state index contributed by atoms with van der Waals surface area (Å²) in [4.78, 5) is 12.6. The number of rotatable bonds is 10. The van der Waals surface area contributed by atoms with Gasteiger partial charge in [-0.3, -0.25) is 4.79 Å². The van der Waals surface area contributed by atoms with Gasteiger partial charge in [0.1, 0.15) is 23.9 Å². The Hall–Kier alpha value is -2.81. The van der Waals surface area contributed by atoms with Crippen LogP contribution >= 0.6 is 0 Å². The first-order chi connectivity index (χ1) is 14.1. The lowest BCUT2D eigenvalue weighted by molar-refractivity contribution is -0.118. The summed E-state index contributed by atoms with van der Waals surface area (Å²) in [6.45, 7) is 4.82. The van der Waals surface area contributed by atoms with Crippen LogP contribution in [0.5, 0.6) is 11.5 Å². The molecule has 152 valence electrons. The lowest BCUT2D eigenvalue weighted by Crippen LogP contribution is -2.12. The lowest BCUT2D eigenvalue weighted by atomic mass is 9.89. The number of allylic oxidation sites excluding steroid dienone is 3. The molecule has 3 nitrogen and oxygen atoms in total. The van der Waals surface area contributed by atoms with E-state index in [0.29, 0.717) is 25.4 Å². The van der Waals surface area contributed by atoms with Crippen molar-refractivity contribution in [1.82, 2.24) is 0 Å². The molecule has 2 aromatic carbocycles. The summed E-state index contributed by atoms with van der Waals surface area (Å²) in [7, 11) is 1.65. The molecule has 0 bridgehead atoms. The van der Waals surface area contributed by atoms with E-state index in [0.717, 1.165) is 35.5 Å². The van der Waals surface area contributed by atoms with Crippen LogP contribution in [0.25, 0.3) is 0 Å². The molecule has 0 spiro atoms. The lowest BCUT2D eigenvalue weighted by Gasteiger charge is -2.18. The average Bonchev–Trinajstić information content (AvgIpc) is 3.13. The minimum absolute atomic E-state index is 0.249. The third kappa shape index (κ3) is 5.60. The topological polar surface area (TPSA) is 35.5 Å². The minimum Gasteiger partial charge on any atom is -0.496 e. The number of hydrogen-bond acceptors (Lipinski definition) is 3. The number of benzene rings is 2. The highest BCUT2D eigenvalue weighted by Gasteiger charge is 2.22. The molecular weight excluding hydrogens is 360 g/mol. The highest BCUT2D eigenvalue weighted by atomic mass is 16.5. The zero-order chi connectivity index (χ0) is 20.6. The smallest absolute Gasteiger partial charge is 0.137 e. The Balaban J connectivity index is 1.52. The van der Waals surface area contributed by atoms with Crippen LogP contribution in [0, 0.1) is 12.8 Å². The predicted molar refractivity (Wildman–Crippen MR) is 118 cm³/mol. The first kappa shape index (κ1) is 20.9. The Morgan fingerprint density at radius 1 is 1.03 bits per heavy atom. The molecule has 0 heterocycles. The van der Waals surface area contributed by atoms with Gasteiger partial charge in [0, 0.05) is 24.3 Å². The van der Waals surface area contributed by atoms with Crippen LogP contribution in [-0.2, 0) is 11.2 Å². The van der Waals surface area contributed by atoms with Gasteiger partial charge in [0.05, 0.1) is 7.11 Å². The molecule has 2 aromatic rings.